The van der Waals surface area contributed by atoms with Crippen LogP contribution in [0, 0.1) is 11.7 Å². The fraction of sp³-hybridized carbons (Fsp3) is 0.412. The Labute approximate surface area is 143 Å². The zero-order valence-corrected chi connectivity index (χ0v) is 14.3. The third kappa shape index (κ3) is 2.67. The monoisotopic (exact) mass is 347 g/mol. The average Bonchev–Trinajstić information content (AvgIpc) is 3.12. The topological polar surface area (TPSA) is 54.9 Å². The lowest BCUT2D eigenvalue weighted by Gasteiger charge is -2.34. The maximum absolute atomic E-state index is 13.8. The second kappa shape index (κ2) is 6.14. The van der Waals surface area contributed by atoms with E-state index in [-0.39, 0.29) is 17.7 Å². The average molecular weight is 347 g/mol. The van der Waals surface area contributed by atoms with Gasteiger partial charge in [-0.3, -0.25) is 0 Å². The van der Waals surface area contributed by atoms with Crippen LogP contribution in [-0.4, -0.2) is 32.8 Å². The van der Waals surface area contributed by atoms with Crippen molar-refractivity contribution in [1.29, 1.82) is 0 Å². The van der Waals surface area contributed by atoms with E-state index in [1.165, 1.54) is 39.6 Å². The molecule has 4 rings (SSSR count). The van der Waals surface area contributed by atoms with Crippen LogP contribution in [-0.2, 0) is 0 Å². The molecule has 0 amide bonds. The summed E-state index contributed by atoms with van der Waals surface area (Å²) in [6.45, 7) is 4.28. The minimum atomic E-state index is -0.249. The summed E-state index contributed by atoms with van der Waals surface area (Å²) < 4.78 is 15.3. The molecule has 0 radical (unpaired) electrons. The van der Waals surface area contributed by atoms with Crippen molar-refractivity contribution in [3.8, 4) is 5.88 Å². The van der Waals surface area contributed by atoms with Crippen molar-refractivity contribution >= 4 is 16.3 Å². The van der Waals surface area contributed by atoms with Gasteiger partial charge >= 0.3 is 0 Å². The van der Waals surface area contributed by atoms with Gasteiger partial charge in [0.05, 0.1) is 13.1 Å². The predicted octanol–water partition coefficient (Wildman–Crippen LogP) is 2.04. The van der Waals surface area contributed by atoms with Crippen molar-refractivity contribution in [3.05, 3.63) is 46.9 Å². The number of nitrogens with one attached hydrogen (secondary N) is 1. The number of halogens is 1. The second-order valence-electron chi connectivity index (χ2n) is 6.59. The van der Waals surface area contributed by atoms with Crippen LogP contribution >= 0.6 is 11.3 Å². The van der Waals surface area contributed by atoms with Gasteiger partial charge in [0.1, 0.15) is 17.0 Å². The molecule has 1 aliphatic heterocycles. The number of aromatic hydroxyl groups is 1. The van der Waals surface area contributed by atoms with Crippen molar-refractivity contribution in [2.24, 2.45) is 5.92 Å². The van der Waals surface area contributed by atoms with Crippen LogP contribution in [0.4, 0.5) is 4.39 Å². The van der Waals surface area contributed by atoms with Gasteiger partial charge in [-0.05, 0) is 25.0 Å². The molecule has 1 fully saturated rings. The molecular weight excluding hydrogens is 327 g/mol. The van der Waals surface area contributed by atoms with Crippen LogP contribution < -0.4 is 4.90 Å². The summed E-state index contributed by atoms with van der Waals surface area (Å²) >= 11 is 1.43. The first kappa shape index (κ1) is 15.5. The Kier molecular flexibility index (Phi) is 3.97. The van der Waals surface area contributed by atoms with Crippen LogP contribution in [0.3, 0.4) is 0 Å². The molecular formula is C17H20FN4OS+. The summed E-state index contributed by atoms with van der Waals surface area (Å²) in [5.74, 6) is 0.488. The molecule has 1 saturated heterocycles. The Morgan fingerprint density at radius 3 is 3.08 bits per heavy atom. The molecule has 5 nitrogen and oxygen atoms in total. The van der Waals surface area contributed by atoms with Gasteiger partial charge < -0.3 is 10.0 Å². The van der Waals surface area contributed by atoms with E-state index < -0.39 is 0 Å². The van der Waals surface area contributed by atoms with E-state index in [1.54, 1.807) is 12.1 Å². The number of fused-ring (bicyclic) bond motifs is 1. The maximum atomic E-state index is 13.8. The molecule has 3 heterocycles. The minimum absolute atomic E-state index is 0.100. The highest BCUT2D eigenvalue weighted by Crippen LogP contribution is 2.35. The van der Waals surface area contributed by atoms with E-state index in [4.69, 9.17) is 0 Å². The molecule has 2 N–H and O–H groups in total. The Balaban J connectivity index is 1.83. The van der Waals surface area contributed by atoms with Gasteiger partial charge in [0, 0.05) is 11.5 Å². The summed E-state index contributed by atoms with van der Waals surface area (Å²) in [5.41, 5.74) is 0.888. The number of benzene rings is 1. The van der Waals surface area contributed by atoms with Gasteiger partial charge in [0.2, 0.25) is 10.8 Å². The largest absolute Gasteiger partial charge is 0.492 e. The van der Waals surface area contributed by atoms with Crippen molar-refractivity contribution in [2.45, 2.75) is 25.8 Å². The van der Waals surface area contributed by atoms with Crippen LogP contribution in [0.15, 0.2) is 30.6 Å². The molecule has 0 aliphatic carbocycles. The Bertz CT molecular complexity index is 861. The standard InChI is InChI=1S/C17H19FN4OS/c1-11-4-3-7-21(9-11)14(12-5-2-6-13(18)8-12)15-16(23)22-17(24-15)19-10-20-22/h2,5-6,8,10-11,14,23H,3-4,7,9H2,1H3/p+1/t11-,14-/m0/s1. The number of rotatable bonds is 3. The highest BCUT2D eigenvalue weighted by molar-refractivity contribution is 7.17. The number of hydrogen-bond acceptors (Lipinski definition) is 4. The Morgan fingerprint density at radius 1 is 1.46 bits per heavy atom. The lowest BCUT2D eigenvalue weighted by molar-refractivity contribution is -0.933. The molecule has 0 bridgehead atoms. The Hall–Kier alpha value is -1.99. The third-order valence-corrected chi connectivity index (χ3v) is 5.90. The van der Waals surface area contributed by atoms with Gasteiger partial charge in [-0.25, -0.2) is 9.37 Å². The lowest BCUT2D eigenvalue weighted by atomic mass is 9.95. The van der Waals surface area contributed by atoms with E-state index in [2.05, 4.69) is 17.0 Å². The van der Waals surface area contributed by atoms with Crippen LogP contribution in [0.25, 0.3) is 4.96 Å². The quantitative estimate of drug-likeness (QED) is 0.762. The number of likely N-dealkylation sites (tertiary alicyclic amines) is 1. The van der Waals surface area contributed by atoms with E-state index in [9.17, 15) is 9.50 Å². The van der Waals surface area contributed by atoms with Gasteiger partial charge in [-0.15, -0.1) is 0 Å². The number of thiazole rings is 1. The first-order chi connectivity index (χ1) is 11.6. The number of nitrogens with zero attached hydrogens (tertiary/aromatic N) is 3. The molecule has 0 spiro atoms. The van der Waals surface area contributed by atoms with Crippen LogP contribution in [0.1, 0.15) is 36.2 Å². The summed E-state index contributed by atoms with van der Waals surface area (Å²) in [6, 6.07) is 6.61. The minimum Gasteiger partial charge on any atom is -0.492 e. The van der Waals surface area contributed by atoms with Crippen LogP contribution in [0.5, 0.6) is 5.88 Å². The molecule has 0 saturated carbocycles. The van der Waals surface area contributed by atoms with Gasteiger partial charge in [0.25, 0.3) is 0 Å². The molecule has 1 aromatic carbocycles. The van der Waals surface area contributed by atoms with Crippen molar-refractivity contribution in [1.82, 2.24) is 14.6 Å². The molecule has 2 aromatic heterocycles. The normalized spacial score (nSPS) is 22.8. The summed E-state index contributed by atoms with van der Waals surface area (Å²) in [6.07, 6.45) is 3.80. The van der Waals surface area contributed by atoms with E-state index in [0.29, 0.717) is 10.9 Å². The highest BCUT2D eigenvalue weighted by Gasteiger charge is 2.35. The smallest absolute Gasteiger partial charge is 0.235 e. The second-order valence-corrected chi connectivity index (χ2v) is 7.60. The summed E-state index contributed by atoms with van der Waals surface area (Å²) in [5, 5.41) is 14.7. The van der Waals surface area contributed by atoms with Gasteiger partial charge in [-0.2, -0.15) is 9.61 Å². The third-order valence-electron chi connectivity index (χ3n) is 4.80. The molecule has 7 heteroatoms. The number of quaternary nitrogens is 1. The predicted molar refractivity (Wildman–Crippen MR) is 89.9 cm³/mol. The molecule has 24 heavy (non-hydrogen) atoms. The SMILES string of the molecule is C[C@H]1CCC[NH+]([C@@H](c2cccc(F)c2)c2sc3ncnn3c2O)C1. The zero-order valence-electron chi connectivity index (χ0n) is 13.4. The highest BCUT2D eigenvalue weighted by atomic mass is 32.1. The van der Waals surface area contributed by atoms with Gasteiger partial charge in [-0.1, -0.05) is 30.4 Å². The maximum Gasteiger partial charge on any atom is 0.235 e. The molecule has 1 unspecified atom stereocenters. The Morgan fingerprint density at radius 2 is 2.33 bits per heavy atom. The van der Waals surface area contributed by atoms with E-state index >= 15 is 0 Å². The molecule has 1 aliphatic rings. The number of piperidine rings is 1. The number of hydrogen-bond donors (Lipinski definition) is 2. The van der Waals surface area contributed by atoms with Crippen molar-refractivity contribution < 1.29 is 14.4 Å². The van der Waals surface area contributed by atoms with Crippen molar-refractivity contribution in [3.63, 3.8) is 0 Å². The first-order valence-electron chi connectivity index (χ1n) is 8.25. The van der Waals surface area contributed by atoms with Gasteiger partial charge in [0.15, 0.2) is 6.04 Å². The molecule has 126 valence electrons. The number of aromatic nitrogens is 3. The van der Waals surface area contributed by atoms with Crippen LogP contribution in [0.2, 0.25) is 0 Å². The van der Waals surface area contributed by atoms with E-state index in [0.717, 1.165) is 30.0 Å². The molecule has 3 atom stereocenters. The van der Waals surface area contributed by atoms with E-state index in [1.807, 2.05) is 6.07 Å². The van der Waals surface area contributed by atoms with Crippen molar-refractivity contribution in [2.75, 3.05) is 13.1 Å². The fourth-order valence-electron chi connectivity index (χ4n) is 3.73. The lowest BCUT2D eigenvalue weighted by Crippen LogP contribution is -3.13. The molecule has 3 aromatic rings. The first-order valence-corrected chi connectivity index (χ1v) is 9.06. The summed E-state index contributed by atoms with van der Waals surface area (Å²) in [4.78, 5) is 7.01. The zero-order chi connectivity index (χ0) is 16.7. The fourth-order valence-corrected chi connectivity index (χ4v) is 4.85. The summed E-state index contributed by atoms with van der Waals surface area (Å²) in [7, 11) is 0.